The van der Waals surface area contributed by atoms with Crippen LogP contribution in [0.15, 0.2) is 42.5 Å². The first-order valence-electron chi connectivity index (χ1n) is 7.16. The lowest BCUT2D eigenvalue weighted by Crippen LogP contribution is -2.39. The maximum absolute atomic E-state index is 13.5. The number of hydrogen-bond donors (Lipinski definition) is 2. The summed E-state index contributed by atoms with van der Waals surface area (Å²) in [6.07, 6.45) is 0. The third kappa shape index (κ3) is 5.17. The Kier molecular flexibility index (Phi) is 5.87. The van der Waals surface area contributed by atoms with E-state index in [0.717, 1.165) is 17.4 Å². The maximum Gasteiger partial charge on any atom is 0.171 e. The van der Waals surface area contributed by atoms with Crippen molar-refractivity contribution >= 4 is 23.0 Å². The van der Waals surface area contributed by atoms with Crippen molar-refractivity contribution in [1.82, 2.24) is 5.32 Å². The number of rotatable bonds is 5. The molecule has 0 bridgehead atoms. The number of thiocarbonyl (C=S) groups is 1. The SMILES string of the molecule is Cc1ccccc1OCC(C)NC(=S)Nc1ccc(F)cc1F. The summed E-state index contributed by atoms with van der Waals surface area (Å²) >= 11 is 5.12. The Labute approximate surface area is 139 Å². The molecule has 23 heavy (non-hydrogen) atoms. The quantitative estimate of drug-likeness (QED) is 0.808. The molecule has 0 fully saturated rings. The van der Waals surface area contributed by atoms with E-state index in [1.165, 1.54) is 12.1 Å². The van der Waals surface area contributed by atoms with Crippen molar-refractivity contribution in [1.29, 1.82) is 0 Å². The molecular weight excluding hydrogens is 318 g/mol. The first-order chi connectivity index (χ1) is 11.0. The summed E-state index contributed by atoms with van der Waals surface area (Å²) in [4.78, 5) is 0. The molecule has 0 saturated heterocycles. The van der Waals surface area contributed by atoms with Gasteiger partial charge in [-0.2, -0.15) is 0 Å². The highest BCUT2D eigenvalue weighted by atomic mass is 32.1. The topological polar surface area (TPSA) is 33.3 Å². The summed E-state index contributed by atoms with van der Waals surface area (Å²) in [5.41, 5.74) is 1.17. The molecule has 0 heterocycles. The molecule has 0 aliphatic carbocycles. The van der Waals surface area contributed by atoms with E-state index in [9.17, 15) is 8.78 Å². The average molecular weight is 336 g/mol. The van der Waals surface area contributed by atoms with Gasteiger partial charge in [0, 0.05) is 6.07 Å². The highest BCUT2D eigenvalue weighted by Gasteiger charge is 2.09. The predicted octanol–water partition coefficient (Wildman–Crippen LogP) is 4.03. The molecule has 0 radical (unpaired) electrons. The number of ether oxygens (including phenoxy) is 1. The fraction of sp³-hybridized carbons (Fsp3) is 0.235. The lowest BCUT2D eigenvalue weighted by Gasteiger charge is -2.18. The van der Waals surface area contributed by atoms with E-state index in [-0.39, 0.29) is 16.8 Å². The van der Waals surface area contributed by atoms with Gasteiger partial charge < -0.3 is 15.4 Å². The molecule has 1 atom stereocenters. The molecule has 2 aromatic carbocycles. The number of anilines is 1. The second-order valence-corrected chi connectivity index (χ2v) is 5.61. The van der Waals surface area contributed by atoms with Gasteiger partial charge >= 0.3 is 0 Å². The van der Waals surface area contributed by atoms with Gasteiger partial charge in [0.15, 0.2) is 5.11 Å². The molecule has 122 valence electrons. The molecule has 1 unspecified atom stereocenters. The normalized spacial score (nSPS) is 11.7. The van der Waals surface area contributed by atoms with Crippen LogP contribution in [-0.2, 0) is 0 Å². The number of benzene rings is 2. The van der Waals surface area contributed by atoms with Crippen LogP contribution < -0.4 is 15.4 Å². The lowest BCUT2D eigenvalue weighted by molar-refractivity contribution is 0.285. The maximum atomic E-state index is 13.5. The standard InChI is InChI=1S/C17H18F2N2OS/c1-11-5-3-4-6-16(11)22-10-12(2)20-17(23)21-15-8-7-13(18)9-14(15)19/h3-9,12H,10H2,1-2H3,(H2,20,21,23). The molecule has 0 aliphatic heterocycles. The van der Waals surface area contributed by atoms with Crippen LogP contribution >= 0.6 is 12.2 Å². The van der Waals surface area contributed by atoms with E-state index in [1.54, 1.807) is 0 Å². The minimum atomic E-state index is -0.696. The number of halogens is 2. The van der Waals surface area contributed by atoms with Gasteiger partial charge in [0.25, 0.3) is 0 Å². The van der Waals surface area contributed by atoms with Crippen molar-refractivity contribution in [3.63, 3.8) is 0 Å². The average Bonchev–Trinajstić information content (AvgIpc) is 2.49. The van der Waals surface area contributed by atoms with Crippen molar-refractivity contribution in [2.45, 2.75) is 19.9 Å². The van der Waals surface area contributed by atoms with Crippen LogP contribution in [-0.4, -0.2) is 17.8 Å². The van der Waals surface area contributed by atoms with E-state index in [0.29, 0.717) is 6.61 Å². The van der Waals surface area contributed by atoms with Crippen molar-refractivity contribution in [3.05, 3.63) is 59.7 Å². The van der Waals surface area contributed by atoms with Gasteiger partial charge in [0.2, 0.25) is 0 Å². The van der Waals surface area contributed by atoms with Crippen molar-refractivity contribution in [3.8, 4) is 5.75 Å². The molecule has 0 aliphatic rings. The van der Waals surface area contributed by atoms with Crippen LogP contribution in [0.4, 0.5) is 14.5 Å². The summed E-state index contributed by atoms with van der Waals surface area (Å²) in [5, 5.41) is 5.94. The number of nitrogens with one attached hydrogen (secondary N) is 2. The monoisotopic (exact) mass is 336 g/mol. The van der Waals surface area contributed by atoms with Crippen LogP contribution in [0.1, 0.15) is 12.5 Å². The summed E-state index contributed by atoms with van der Waals surface area (Å²) in [5.74, 6) is -0.519. The molecule has 2 N–H and O–H groups in total. The minimum Gasteiger partial charge on any atom is -0.491 e. The van der Waals surface area contributed by atoms with Gasteiger partial charge in [-0.25, -0.2) is 8.78 Å². The predicted molar refractivity (Wildman–Crippen MR) is 91.9 cm³/mol. The summed E-state index contributed by atoms with van der Waals surface area (Å²) in [7, 11) is 0. The molecule has 0 spiro atoms. The van der Waals surface area contributed by atoms with Crippen molar-refractivity contribution in [2.75, 3.05) is 11.9 Å². The van der Waals surface area contributed by atoms with Crippen LogP contribution in [0.5, 0.6) is 5.75 Å². The molecule has 0 saturated carbocycles. The Morgan fingerprint density at radius 2 is 1.96 bits per heavy atom. The minimum absolute atomic E-state index is 0.0851. The van der Waals surface area contributed by atoms with E-state index in [4.69, 9.17) is 17.0 Å². The van der Waals surface area contributed by atoms with Gasteiger partial charge in [-0.1, -0.05) is 18.2 Å². The second-order valence-electron chi connectivity index (χ2n) is 5.20. The molecule has 2 aromatic rings. The Morgan fingerprint density at radius 3 is 2.65 bits per heavy atom. The van der Waals surface area contributed by atoms with Crippen LogP contribution in [0, 0.1) is 18.6 Å². The zero-order valence-electron chi connectivity index (χ0n) is 12.9. The van der Waals surface area contributed by atoms with Gasteiger partial charge in [0.1, 0.15) is 24.0 Å². The molecular formula is C17H18F2N2OS. The zero-order chi connectivity index (χ0) is 16.8. The highest BCUT2D eigenvalue weighted by molar-refractivity contribution is 7.80. The van der Waals surface area contributed by atoms with E-state index >= 15 is 0 Å². The fourth-order valence-electron chi connectivity index (χ4n) is 1.95. The number of aryl methyl sites for hydroxylation is 1. The van der Waals surface area contributed by atoms with Gasteiger partial charge in [-0.3, -0.25) is 0 Å². The fourth-order valence-corrected chi connectivity index (χ4v) is 2.26. The molecule has 2 rings (SSSR count). The Balaban J connectivity index is 1.84. The van der Waals surface area contributed by atoms with Gasteiger partial charge in [0.05, 0.1) is 11.7 Å². The van der Waals surface area contributed by atoms with E-state index in [1.807, 2.05) is 38.1 Å². The largest absolute Gasteiger partial charge is 0.491 e. The zero-order valence-corrected chi connectivity index (χ0v) is 13.7. The Hall–Kier alpha value is -2.21. The number of hydrogen-bond acceptors (Lipinski definition) is 2. The third-order valence-electron chi connectivity index (χ3n) is 3.14. The Bertz CT molecular complexity index is 694. The molecule has 0 aromatic heterocycles. The lowest BCUT2D eigenvalue weighted by atomic mass is 10.2. The van der Waals surface area contributed by atoms with Crippen LogP contribution in [0.2, 0.25) is 0 Å². The molecule has 3 nitrogen and oxygen atoms in total. The molecule has 0 amide bonds. The molecule has 6 heteroatoms. The van der Waals surface area contributed by atoms with Gasteiger partial charge in [-0.05, 0) is 49.8 Å². The Morgan fingerprint density at radius 1 is 1.22 bits per heavy atom. The van der Waals surface area contributed by atoms with E-state index < -0.39 is 11.6 Å². The van der Waals surface area contributed by atoms with Crippen molar-refractivity contribution < 1.29 is 13.5 Å². The summed E-state index contributed by atoms with van der Waals surface area (Å²) in [6, 6.07) is 10.9. The first kappa shape index (κ1) is 17.1. The summed E-state index contributed by atoms with van der Waals surface area (Å²) in [6.45, 7) is 4.27. The smallest absolute Gasteiger partial charge is 0.171 e. The van der Waals surface area contributed by atoms with E-state index in [2.05, 4.69) is 10.6 Å². The van der Waals surface area contributed by atoms with Crippen LogP contribution in [0.25, 0.3) is 0 Å². The first-order valence-corrected chi connectivity index (χ1v) is 7.57. The highest BCUT2D eigenvalue weighted by Crippen LogP contribution is 2.16. The second kappa shape index (κ2) is 7.87. The third-order valence-corrected chi connectivity index (χ3v) is 3.36. The van der Waals surface area contributed by atoms with Gasteiger partial charge in [-0.15, -0.1) is 0 Å². The van der Waals surface area contributed by atoms with Crippen LogP contribution in [0.3, 0.4) is 0 Å². The summed E-state index contributed by atoms with van der Waals surface area (Å²) < 4.78 is 32.1. The number of para-hydroxylation sites is 1. The van der Waals surface area contributed by atoms with Crippen molar-refractivity contribution in [2.24, 2.45) is 0 Å².